The van der Waals surface area contributed by atoms with Gasteiger partial charge in [0.15, 0.2) is 5.82 Å². The molecule has 1 saturated heterocycles. The Balaban J connectivity index is 1.48. The lowest BCUT2D eigenvalue weighted by molar-refractivity contribution is -0.129. The van der Waals surface area contributed by atoms with E-state index in [0.717, 1.165) is 30.8 Å². The highest BCUT2D eigenvalue weighted by Crippen LogP contribution is 2.41. The van der Waals surface area contributed by atoms with Gasteiger partial charge >= 0.3 is 0 Å². The zero-order valence-corrected chi connectivity index (χ0v) is 15.6. The van der Waals surface area contributed by atoms with E-state index in [1.54, 1.807) is 6.20 Å². The monoisotopic (exact) mass is 358 g/mol. The van der Waals surface area contributed by atoms with Crippen molar-refractivity contribution in [2.75, 3.05) is 0 Å². The number of nitrogens with zero attached hydrogens (tertiary/aromatic N) is 5. The summed E-state index contributed by atoms with van der Waals surface area (Å²) in [7, 11) is 1.93. The predicted octanol–water partition coefficient (Wildman–Crippen LogP) is 1.60. The van der Waals surface area contributed by atoms with E-state index in [1.165, 1.54) is 0 Å². The highest BCUT2D eigenvalue weighted by Gasteiger charge is 2.48. The third-order valence-corrected chi connectivity index (χ3v) is 5.08. The average Bonchev–Trinajstić information content (AvgIpc) is 3.02. The molecule has 1 N–H and O–H groups in total. The highest BCUT2D eigenvalue weighted by atomic mass is 16.5. The number of nitrogens with one attached hydrogen (secondary N) is 1. The molecule has 8 heteroatoms. The van der Waals surface area contributed by atoms with Gasteiger partial charge in [0.1, 0.15) is 0 Å². The SMILES string of the molecule is CC(C)Cc1noc(CN[C@@H]2CC(=O)N(C3CC3)[C@H]2c2ccnn2C)n1. The molecule has 3 heterocycles. The third kappa shape index (κ3) is 3.38. The molecule has 2 fully saturated rings. The van der Waals surface area contributed by atoms with Gasteiger partial charge < -0.3 is 14.7 Å². The van der Waals surface area contributed by atoms with E-state index in [9.17, 15) is 4.79 Å². The van der Waals surface area contributed by atoms with Gasteiger partial charge in [0.2, 0.25) is 11.8 Å². The predicted molar refractivity (Wildman–Crippen MR) is 93.9 cm³/mol. The Kier molecular flexibility index (Phi) is 4.52. The first-order chi connectivity index (χ1) is 12.5. The maximum absolute atomic E-state index is 12.6. The molecule has 0 unspecified atom stereocenters. The van der Waals surface area contributed by atoms with Crippen molar-refractivity contribution in [1.29, 1.82) is 0 Å². The lowest BCUT2D eigenvalue weighted by Gasteiger charge is -2.28. The highest BCUT2D eigenvalue weighted by molar-refractivity contribution is 5.81. The Hall–Kier alpha value is -2.22. The van der Waals surface area contributed by atoms with Crippen molar-refractivity contribution in [3.63, 3.8) is 0 Å². The van der Waals surface area contributed by atoms with Crippen LogP contribution in [-0.4, -0.2) is 42.8 Å². The van der Waals surface area contributed by atoms with Crippen LogP contribution in [0.2, 0.25) is 0 Å². The van der Waals surface area contributed by atoms with Crippen LogP contribution in [0.3, 0.4) is 0 Å². The van der Waals surface area contributed by atoms with Gasteiger partial charge in [-0.2, -0.15) is 10.1 Å². The molecule has 26 heavy (non-hydrogen) atoms. The number of carbonyl (C=O) groups excluding carboxylic acids is 1. The van der Waals surface area contributed by atoms with Crippen molar-refractivity contribution in [2.45, 2.75) is 64.2 Å². The maximum Gasteiger partial charge on any atom is 0.240 e. The summed E-state index contributed by atoms with van der Waals surface area (Å²) in [4.78, 5) is 19.1. The largest absolute Gasteiger partial charge is 0.338 e. The molecule has 0 bridgehead atoms. The van der Waals surface area contributed by atoms with E-state index in [0.29, 0.717) is 30.8 Å². The minimum atomic E-state index is 0.000515. The summed E-state index contributed by atoms with van der Waals surface area (Å²) in [5.41, 5.74) is 1.06. The number of amides is 1. The second-order valence-electron chi connectivity index (χ2n) is 7.75. The number of carbonyl (C=O) groups is 1. The van der Waals surface area contributed by atoms with E-state index in [1.807, 2.05) is 22.7 Å². The molecule has 140 valence electrons. The molecule has 1 aliphatic heterocycles. The van der Waals surface area contributed by atoms with Gasteiger partial charge in [-0.3, -0.25) is 9.48 Å². The van der Waals surface area contributed by atoms with Crippen LogP contribution in [-0.2, 0) is 24.8 Å². The lowest BCUT2D eigenvalue weighted by atomic mass is 10.1. The first-order valence-electron chi connectivity index (χ1n) is 9.37. The second-order valence-corrected chi connectivity index (χ2v) is 7.75. The molecule has 0 spiro atoms. The number of likely N-dealkylation sites (tertiary alicyclic amines) is 1. The minimum Gasteiger partial charge on any atom is -0.338 e. The van der Waals surface area contributed by atoms with Crippen LogP contribution in [0.15, 0.2) is 16.8 Å². The van der Waals surface area contributed by atoms with Crippen LogP contribution in [0.1, 0.15) is 56.6 Å². The molecule has 1 amide bonds. The third-order valence-electron chi connectivity index (χ3n) is 5.08. The molecule has 2 aromatic heterocycles. The summed E-state index contributed by atoms with van der Waals surface area (Å²) in [6.07, 6.45) is 5.26. The van der Waals surface area contributed by atoms with Crippen LogP contribution < -0.4 is 5.32 Å². The Bertz CT molecular complexity index is 778. The summed E-state index contributed by atoms with van der Waals surface area (Å²) in [6, 6.07) is 2.38. The summed E-state index contributed by atoms with van der Waals surface area (Å²) >= 11 is 0. The van der Waals surface area contributed by atoms with E-state index < -0.39 is 0 Å². The fraction of sp³-hybridized carbons (Fsp3) is 0.667. The van der Waals surface area contributed by atoms with Crippen molar-refractivity contribution < 1.29 is 9.32 Å². The summed E-state index contributed by atoms with van der Waals surface area (Å²) in [6.45, 7) is 4.72. The second kappa shape index (κ2) is 6.83. The molecule has 0 aromatic carbocycles. The van der Waals surface area contributed by atoms with Crippen molar-refractivity contribution >= 4 is 5.91 Å². The van der Waals surface area contributed by atoms with Gasteiger partial charge in [0.25, 0.3) is 0 Å². The fourth-order valence-electron chi connectivity index (χ4n) is 3.77. The van der Waals surface area contributed by atoms with E-state index in [-0.39, 0.29) is 18.0 Å². The number of hydrogen-bond donors (Lipinski definition) is 1. The number of aryl methyl sites for hydroxylation is 1. The normalized spacial score (nSPS) is 23.4. The van der Waals surface area contributed by atoms with Crippen LogP contribution >= 0.6 is 0 Å². The van der Waals surface area contributed by atoms with Crippen molar-refractivity contribution in [3.8, 4) is 0 Å². The van der Waals surface area contributed by atoms with E-state index in [4.69, 9.17) is 4.52 Å². The standard InChI is InChI=1S/C18H26N6O2/c1-11(2)8-15-21-16(26-22-15)10-19-13-9-17(25)24(12-4-5-12)18(13)14-6-7-20-23(14)3/h6-7,11-13,18-19H,4-5,8-10H2,1-3H3/t13-,18-/m1/s1. The van der Waals surface area contributed by atoms with E-state index in [2.05, 4.69) is 34.4 Å². The van der Waals surface area contributed by atoms with Crippen molar-refractivity contribution in [3.05, 3.63) is 29.7 Å². The van der Waals surface area contributed by atoms with Crippen molar-refractivity contribution in [1.82, 2.24) is 30.1 Å². The zero-order chi connectivity index (χ0) is 18.3. The topological polar surface area (TPSA) is 89.1 Å². The van der Waals surface area contributed by atoms with Crippen LogP contribution in [0.4, 0.5) is 0 Å². The molecule has 2 atom stereocenters. The molecule has 2 aromatic rings. The van der Waals surface area contributed by atoms with Gasteiger partial charge in [-0.1, -0.05) is 19.0 Å². The molecule has 1 aliphatic carbocycles. The molecular weight excluding hydrogens is 332 g/mol. The molecule has 4 rings (SSSR count). The van der Waals surface area contributed by atoms with E-state index >= 15 is 0 Å². The summed E-state index contributed by atoms with van der Waals surface area (Å²) in [5.74, 6) is 2.01. The van der Waals surface area contributed by atoms with Gasteiger partial charge in [-0.25, -0.2) is 0 Å². The first kappa shape index (κ1) is 17.2. The van der Waals surface area contributed by atoms with Gasteiger partial charge in [-0.05, 0) is 24.8 Å². The van der Waals surface area contributed by atoms with Crippen LogP contribution in [0.25, 0.3) is 0 Å². The Labute approximate surface area is 152 Å². The summed E-state index contributed by atoms with van der Waals surface area (Å²) in [5, 5.41) is 11.8. The van der Waals surface area contributed by atoms with Crippen molar-refractivity contribution in [2.24, 2.45) is 13.0 Å². The molecule has 1 saturated carbocycles. The Morgan fingerprint density at radius 3 is 2.85 bits per heavy atom. The Morgan fingerprint density at radius 1 is 1.38 bits per heavy atom. The quantitative estimate of drug-likeness (QED) is 0.809. The average molecular weight is 358 g/mol. The van der Waals surface area contributed by atoms with Crippen LogP contribution in [0.5, 0.6) is 0 Å². The van der Waals surface area contributed by atoms with Gasteiger partial charge in [0.05, 0.1) is 18.3 Å². The fourth-order valence-corrected chi connectivity index (χ4v) is 3.77. The number of rotatable bonds is 7. The molecule has 2 aliphatic rings. The van der Waals surface area contributed by atoms with Gasteiger partial charge in [0, 0.05) is 38.2 Å². The minimum absolute atomic E-state index is 0.000515. The maximum atomic E-state index is 12.6. The Morgan fingerprint density at radius 2 is 2.19 bits per heavy atom. The molecular formula is C18H26N6O2. The van der Waals surface area contributed by atoms with Crippen LogP contribution in [0, 0.1) is 5.92 Å². The smallest absolute Gasteiger partial charge is 0.240 e. The number of hydrogen-bond acceptors (Lipinski definition) is 6. The lowest BCUT2D eigenvalue weighted by Crippen LogP contribution is -2.38. The first-order valence-corrected chi connectivity index (χ1v) is 9.37. The summed E-state index contributed by atoms with van der Waals surface area (Å²) < 4.78 is 7.21. The molecule has 0 radical (unpaired) electrons. The number of aromatic nitrogens is 4. The van der Waals surface area contributed by atoms with Gasteiger partial charge in [-0.15, -0.1) is 0 Å². The molecule has 8 nitrogen and oxygen atoms in total. The zero-order valence-electron chi connectivity index (χ0n) is 15.6.